The van der Waals surface area contributed by atoms with Gasteiger partial charge in [-0.3, -0.25) is 4.99 Å². The Balaban J connectivity index is 0.00000363. The molecule has 2 aromatic rings. The van der Waals surface area contributed by atoms with Crippen LogP contribution in [0.15, 0.2) is 58.4 Å². The molecule has 0 aliphatic heterocycles. The predicted molar refractivity (Wildman–Crippen MR) is 139 cm³/mol. The molecule has 1 aliphatic carbocycles. The van der Waals surface area contributed by atoms with Crippen molar-refractivity contribution in [2.75, 3.05) is 20.7 Å². The number of methoxy groups -OCH3 is 1. The number of nitrogens with one attached hydrogen (secondary N) is 3. The Morgan fingerprint density at radius 1 is 1.09 bits per heavy atom. The van der Waals surface area contributed by atoms with Gasteiger partial charge in [-0.15, -0.1) is 24.0 Å². The highest BCUT2D eigenvalue weighted by Gasteiger charge is 2.27. The number of guanidine groups is 1. The van der Waals surface area contributed by atoms with E-state index in [0.717, 1.165) is 37.1 Å². The molecule has 176 valence electrons. The lowest BCUT2D eigenvalue weighted by Crippen LogP contribution is -2.37. The van der Waals surface area contributed by atoms with Gasteiger partial charge in [-0.05, 0) is 60.6 Å². The van der Waals surface area contributed by atoms with Crippen molar-refractivity contribution in [1.82, 2.24) is 15.4 Å². The molecular weight excluding hydrogens is 539 g/mol. The number of aliphatic imine (C=N–C) groups is 1. The minimum Gasteiger partial charge on any atom is -0.497 e. The van der Waals surface area contributed by atoms with Crippen LogP contribution in [0.5, 0.6) is 5.75 Å². The molecule has 1 aliphatic rings. The minimum absolute atomic E-state index is 0. The van der Waals surface area contributed by atoms with Crippen molar-refractivity contribution < 1.29 is 13.2 Å². The van der Waals surface area contributed by atoms with E-state index in [9.17, 15) is 8.42 Å². The van der Waals surface area contributed by atoms with Gasteiger partial charge in [0.25, 0.3) is 0 Å². The first-order valence-corrected chi connectivity index (χ1v) is 12.1. The number of hydrogen-bond acceptors (Lipinski definition) is 4. The van der Waals surface area contributed by atoms with Gasteiger partial charge in [-0.2, -0.15) is 0 Å². The highest BCUT2D eigenvalue weighted by Crippen LogP contribution is 2.22. The van der Waals surface area contributed by atoms with Crippen LogP contribution in [0.1, 0.15) is 43.2 Å². The lowest BCUT2D eigenvalue weighted by Gasteiger charge is -2.16. The third kappa shape index (κ3) is 7.93. The van der Waals surface area contributed by atoms with E-state index in [-0.39, 0.29) is 30.0 Å². The number of ether oxygens (including phenoxy) is 1. The summed E-state index contributed by atoms with van der Waals surface area (Å²) in [5.74, 6) is 1.99. The van der Waals surface area contributed by atoms with Crippen LogP contribution in [0.25, 0.3) is 0 Å². The standard InChI is InChI=1S/C23H32N4O3S.HI/c1-17(19-6-10-21(30-3)11-7-19)14-15-25-23(24-2)26-16-18-4-12-22(13-5-18)31(28,29)27-20-8-9-20;/h4-7,10-13,17,20,27H,8-9,14-16H2,1-3H3,(H2,24,25,26);1H. The van der Waals surface area contributed by atoms with Crippen LogP contribution in [0.4, 0.5) is 0 Å². The summed E-state index contributed by atoms with van der Waals surface area (Å²) in [6.07, 6.45) is 2.81. The van der Waals surface area contributed by atoms with Crippen molar-refractivity contribution in [3.8, 4) is 5.75 Å². The highest BCUT2D eigenvalue weighted by atomic mass is 127. The van der Waals surface area contributed by atoms with E-state index in [1.165, 1.54) is 5.56 Å². The van der Waals surface area contributed by atoms with E-state index in [4.69, 9.17) is 4.74 Å². The van der Waals surface area contributed by atoms with E-state index in [1.807, 2.05) is 24.3 Å². The van der Waals surface area contributed by atoms with Crippen LogP contribution < -0.4 is 20.1 Å². The summed E-state index contributed by atoms with van der Waals surface area (Å²) in [5, 5.41) is 6.61. The Hall–Kier alpha value is -1.85. The molecule has 0 radical (unpaired) electrons. The number of benzene rings is 2. The maximum Gasteiger partial charge on any atom is 0.240 e. The van der Waals surface area contributed by atoms with Crippen LogP contribution >= 0.6 is 24.0 Å². The molecule has 0 amide bonds. The third-order valence-corrected chi connectivity index (χ3v) is 6.91. The fraction of sp³-hybridized carbons (Fsp3) is 0.435. The smallest absolute Gasteiger partial charge is 0.240 e. The average Bonchev–Trinajstić information content (AvgIpc) is 3.59. The number of nitrogens with zero attached hydrogens (tertiary/aromatic N) is 1. The van der Waals surface area contributed by atoms with Gasteiger partial charge in [0.15, 0.2) is 5.96 Å². The zero-order valence-corrected chi connectivity index (χ0v) is 21.9. The summed E-state index contributed by atoms with van der Waals surface area (Å²) in [4.78, 5) is 4.57. The van der Waals surface area contributed by atoms with Gasteiger partial charge in [-0.25, -0.2) is 13.1 Å². The van der Waals surface area contributed by atoms with E-state index < -0.39 is 10.0 Å². The first-order chi connectivity index (χ1) is 14.9. The molecule has 0 spiro atoms. The third-order valence-electron chi connectivity index (χ3n) is 5.37. The average molecular weight is 573 g/mol. The van der Waals surface area contributed by atoms with Crippen LogP contribution in [0, 0.1) is 0 Å². The van der Waals surface area contributed by atoms with Crippen molar-refractivity contribution in [2.45, 2.75) is 49.6 Å². The Kier molecular flexibility index (Phi) is 10.2. The van der Waals surface area contributed by atoms with Gasteiger partial charge >= 0.3 is 0 Å². The van der Waals surface area contributed by atoms with Gasteiger partial charge in [0.1, 0.15) is 5.75 Å². The minimum atomic E-state index is -3.41. The molecular formula is C23H33IN4O3S. The second-order valence-corrected chi connectivity index (χ2v) is 9.57. The molecule has 0 aromatic heterocycles. The second kappa shape index (κ2) is 12.4. The molecule has 0 saturated heterocycles. The Labute approximate surface area is 208 Å². The molecule has 2 aromatic carbocycles. The maximum atomic E-state index is 12.3. The summed E-state index contributed by atoms with van der Waals surface area (Å²) in [5.41, 5.74) is 2.26. The summed E-state index contributed by atoms with van der Waals surface area (Å²) in [7, 11) is -0.00255. The van der Waals surface area contributed by atoms with E-state index in [2.05, 4.69) is 39.4 Å². The quantitative estimate of drug-likeness (QED) is 0.230. The van der Waals surface area contributed by atoms with Crippen LogP contribution in [0.2, 0.25) is 0 Å². The van der Waals surface area contributed by atoms with Gasteiger partial charge in [-0.1, -0.05) is 31.2 Å². The summed E-state index contributed by atoms with van der Waals surface area (Å²) in [6.45, 7) is 3.55. The molecule has 1 fully saturated rings. The van der Waals surface area contributed by atoms with Crippen molar-refractivity contribution >= 4 is 40.0 Å². The van der Waals surface area contributed by atoms with Crippen LogP contribution in [0.3, 0.4) is 0 Å². The summed E-state index contributed by atoms with van der Waals surface area (Å²) < 4.78 is 32.4. The first-order valence-electron chi connectivity index (χ1n) is 10.6. The van der Waals surface area contributed by atoms with Crippen LogP contribution in [-0.4, -0.2) is 41.1 Å². The lowest BCUT2D eigenvalue weighted by molar-refractivity contribution is 0.414. The zero-order chi connectivity index (χ0) is 22.3. The van der Waals surface area contributed by atoms with Gasteiger partial charge in [0.05, 0.1) is 12.0 Å². The van der Waals surface area contributed by atoms with Gasteiger partial charge in [0.2, 0.25) is 10.0 Å². The molecule has 0 bridgehead atoms. The van der Waals surface area contributed by atoms with E-state index in [1.54, 1.807) is 26.3 Å². The molecule has 3 N–H and O–H groups in total. The predicted octanol–water partition coefficient (Wildman–Crippen LogP) is 3.61. The van der Waals surface area contributed by atoms with Crippen molar-refractivity contribution in [1.29, 1.82) is 0 Å². The zero-order valence-electron chi connectivity index (χ0n) is 18.8. The van der Waals surface area contributed by atoms with E-state index in [0.29, 0.717) is 23.3 Å². The molecule has 0 heterocycles. The summed E-state index contributed by atoms with van der Waals surface area (Å²) >= 11 is 0. The lowest BCUT2D eigenvalue weighted by atomic mass is 9.98. The monoisotopic (exact) mass is 572 g/mol. The second-order valence-electron chi connectivity index (χ2n) is 7.85. The molecule has 9 heteroatoms. The topological polar surface area (TPSA) is 91.8 Å². The number of halogens is 1. The molecule has 32 heavy (non-hydrogen) atoms. The molecule has 3 rings (SSSR count). The van der Waals surface area contributed by atoms with Crippen molar-refractivity contribution in [3.63, 3.8) is 0 Å². The summed E-state index contributed by atoms with van der Waals surface area (Å²) in [6, 6.07) is 15.2. The molecule has 1 atom stereocenters. The number of sulfonamides is 1. The van der Waals surface area contributed by atoms with Crippen molar-refractivity contribution in [3.05, 3.63) is 59.7 Å². The number of rotatable bonds is 10. The fourth-order valence-corrected chi connectivity index (χ4v) is 4.49. The van der Waals surface area contributed by atoms with Gasteiger partial charge < -0.3 is 15.4 Å². The van der Waals surface area contributed by atoms with Crippen molar-refractivity contribution in [2.24, 2.45) is 4.99 Å². The fourth-order valence-electron chi connectivity index (χ4n) is 3.19. The molecule has 7 nitrogen and oxygen atoms in total. The Morgan fingerprint density at radius 2 is 1.75 bits per heavy atom. The Morgan fingerprint density at radius 3 is 2.31 bits per heavy atom. The van der Waals surface area contributed by atoms with Gasteiger partial charge in [0, 0.05) is 26.2 Å². The highest BCUT2D eigenvalue weighted by molar-refractivity contribution is 14.0. The molecule has 1 unspecified atom stereocenters. The Bertz CT molecular complexity index is 975. The number of hydrogen-bond donors (Lipinski definition) is 3. The largest absolute Gasteiger partial charge is 0.497 e. The maximum absolute atomic E-state index is 12.3. The normalized spacial score (nSPS) is 14.9. The SMILES string of the molecule is CN=C(NCCC(C)c1ccc(OC)cc1)NCc1ccc(S(=O)(=O)NC2CC2)cc1.I. The van der Waals surface area contributed by atoms with Crippen LogP contribution in [-0.2, 0) is 16.6 Å². The van der Waals surface area contributed by atoms with E-state index >= 15 is 0 Å². The first kappa shape index (κ1) is 26.4. The molecule has 1 saturated carbocycles.